The number of rotatable bonds is 11. The largest absolute Gasteiger partial charge is 0.480 e. The molecule has 0 spiro atoms. The number of aryl methyl sites for hydroxylation is 1. The Kier molecular flexibility index (Phi) is 9.19. The van der Waals surface area contributed by atoms with Crippen LogP contribution in [0.2, 0.25) is 0 Å². The van der Waals surface area contributed by atoms with Gasteiger partial charge in [-0.2, -0.15) is 0 Å². The van der Waals surface area contributed by atoms with E-state index in [0.29, 0.717) is 17.7 Å². The van der Waals surface area contributed by atoms with E-state index in [1.54, 1.807) is 18.2 Å². The lowest BCUT2D eigenvalue weighted by molar-refractivity contribution is -0.147. The second kappa shape index (κ2) is 12.0. The third kappa shape index (κ3) is 5.74. The molecule has 0 amide bonds. The van der Waals surface area contributed by atoms with Gasteiger partial charge in [0.15, 0.2) is 5.16 Å². The fourth-order valence-electron chi connectivity index (χ4n) is 4.39. The molecule has 3 aromatic rings. The zero-order valence-corrected chi connectivity index (χ0v) is 22.4. The van der Waals surface area contributed by atoms with E-state index in [1.807, 2.05) is 51.1 Å². The summed E-state index contributed by atoms with van der Waals surface area (Å²) in [4.78, 5) is 17.8. The monoisotopic (exact) mass is 525 g/mol. The number of carbonyl (C=O) groups is 1. The van der Waals surface area contributed by atoms with Crippen LogP contribution in [0.25, 0.3) is 11.3 Å². The van der Waals surface area contributed by atoms with Gasteiger partial charge >= 0.3 is 5.97 Å². The maximum atomic E-state index is 13.7. The van der Waals surface area contributed by atoms with Crippen molar-refractivity contribution >= 4 is 14.0 Å². The van der Waals surface area contributed by atoms with E-state index in [9.17, 15) is 24.0 Å². The van der Waals surface area contributed by atoms with Gasteiger partial charge < -0.3 is 14.7 Å². The summed E-state index contributed by atoms with van der Waals surface area (Å²) in [5, 5.41) is 20.7. The summed E-state index contributed by atoms with van der Waals surface area (Å²) in [6.45, 7) is 5.66. The first-order chi connectivity index (χ1) is 17.6. The van der Waals surface area contributed by atoms with Crippen molar-refractivity contribution in [1.82, 2.24) is 4.98 Å². The minimum atomic E-state index is -3.44. The Morgan fingerprint density at radius 3 is 2.30 bits per heavy atom. The molecule has 3 unspecified atom stereocenters. The predicted molar refractivity (Wildman–Crippen MR) is 143 cm³/mol. The van der Waals surface area contributed by atoms with Crippen molar-refractivity contribution in [3.05, 3.63) is 102 Å². The summed E-state index contributed by atoms with van der Waals surface area (Å²) in [6, 6.07) is 18.1. The van der Waals surface area contributed by atoms with Crippen molar-refractivity contribution in [2.45, 2.75) is 44.4 Å². The molecule has 0 saturated carbocycles. The first-order valence-corrected chi connectivity index (χ1v) is 13.4. The molecular weight excluding hydrogens is 492 g/mol. The Bertz CT molecular complexity index is 1280. The van der Waals surface area contributed by atoms with Crippen molar-refractivity contribution in [1.29, 1.82) is 0 Å². The Hall–Kier alpha value is -3.12. The van der Waals surface area contributed by atoms with Crippen LogP contribution >= 0.6 is 8.03 Å². The number of halogens is 1. The SMILES string of the molecule is CCc1ccc(C(O)(Cc2ccc(F)cc2)C(C=CC(C)C)(C(=O)O)[PH](=O)OC)nc1-c1ccccc1. The van der Waals surface area contributed by atoms with Gasteiger partial charge in [-0.15, -0.1) is 0 Å². The van der Waals surface area contributed by atoms with E-state index in [-0.39, 0.29) is 18.0 Å². The van der Waals surface area contributed by atoms with Crippen LogP contribution in [-0.4, -0.2) is 33.4 Å². The number of pyridine rings is 1. The fraction of sp³-hybridized carbons (Fsp3) is 0.310. The van der Waals surface area contributed by atoms with Gasteiger partial charge in [0, 0.05) is 19.1 Å². The Labute approximate surface area is 217 Å². The van der Waals surface area contributed by atoms with Crippen LogP contribution in [0.3, 0.4) is 0 Å². The molecule has 0 aliphatic carbocycles. The van der Waals surface area contributed by atoms with Crippen molar-refractivity contribution < 1.29 is 28.5 Å². The van der Waals surface area contributed by atoms with E-state index in [4.69, 9.17) is 9.51 Å². The molecule has 6 nitrogen and oxygen atoms in total. The fourth-order valence-corrected chi connectivity index (χ4v) is 5.67. The lowest BCUT2D eigenvalue weighted by atomic mass is 9.77. The second-order valence-corrected chi connectivity index (χ2v) is 11.1. The zero-order valence-electron chi connectivity index (χ0n) is 21.4. The summed E-state index contributed by atoms with van der Waals surface area (Å²) in [6.07, 6.45) is 3.21. The summed E-state index contributed by atoms with van der Waals surface area (Å²) in [7, 11) is -2.29. The molecule has 2 N–H and O–H groups in total. The van der Waals surface area contributed by atoms with Gasteiger partial charge in [-0.3, -0.25) is 9.36 Å². The molecule has 3 rings (SSSR count). The van der Waals surface area contributed by atoms with Gasteiger partial charge in [0.2, 0.25) is 8.03 Å². The summed E-state index contributed by atoms with van der Waals surface area (Å²) < 4.78 is 32.3. The van der Waals surface area contributed by atoms with Gasteiger partial charge in [0.25, 0.3) is 0 Å². The number of allylic oxidation sites excluding steroid dienone is 1. The Balaban J connectivity index is 2.39. The molecule has 1 heterocycles. The highest BCUT2D eigenvalue weighted by Gasteiger charge is 2.61. The van der Waals surface area contributed by atoms with Gasteiger partial charge in [-0.05, 0) is 41.7 Å². The number of aliphatic hydroxyl groups is 1. The van der Waals surface area contributed by atoms with Crippen LogP contribution in [0.1, 0.15) is 37.6 Å². The first-order valence-electron chi connectivity index (χ1n) is 12.1. The van der Waals surface area contributed by atoms with Crippen LogP contribution in [0.4, 0.5) is 4.39 Å². The normalized spacial score (nSPS) is 15.9. The molecule has 37 heavy (non-hydrogen) atoms. The Morgan fingerprint density at radius 1 is 1.11 bits per heavy atom. The van der Waals surface area contributed by atoms with Gasteiger partial charge in [-0.1, -0.05) is 81.5 Å². The third-order valence-corrected chi connectivity index (χ3v) is 8.24. The molecule has 0 aliphatic rings. The highest BCUT2D eigenvalue weighted by molar-refractivity contribution is 7.43. The number of nitrogens with zero attached hydrogens (tertiary/aromatic N) is 1. The smallest absolute Gasteiger partial charge is 0.326 e. The first kappa shape index (κ1) is 28.5. The summed E-state index contributed by atoms with van der Waals surface area (Å²) >= 11 is 0. The average Bonchev–Trinajstić information content (AvgIpc) is 2.89. The average molecular weight is 526 g/mol. The van der Waals surface area contributed by atoms with E-state index in [1.165, 1.54) is 30.3 Å². The Morgan fingerprint density at radius 2 is 1.76 bits per heavy atom. The predicted octanol–water partition coefficient (Wildman–Crippen LogP) is 6.04. The molecule has 1 aromatic heterocycles. The van der Waals surface area contributed by atoms with Crippen LogP contribution in [0.5, 0.6) is 0 Å². The number of hydrogen-bond acceptors (Lipinski definition) is 5. The minimum absolute atomic E-state index is 0.0269. The lowest BCUT2D eigenvalue weighted by Gasteiger charge is -2.41. The number of aliphatic carboxylic acids is 1. The standard InChI is InChI=1S/C29H33FNO5P/c1-5-22-13-16-25(31-26(22)23-9-7-6-8-10-23)28(34,19-21-11-14-24(30)15-12-21)29(27(32)33,37(35)36-4)18-17-20(2)3/h6-18,20,34,37H,5,19H2,1-4H3,(H,32,33). The number of hydrogen-bond donors (Lipinski definition) is 2. The lowest BCUT2D eigenvalue weighted by Crippen LogP contribution is -2.55. The maximum absolute atomic E-state index is 13.7. The molecule has 8 heteroatoms. The van der Waals surface area contributed by atoms with Crippen molar-refractivity contribution in [3.63, 3.8) is 0 Å². The number of carboxylic acids is 1. The van der Waals surface area contributed by atoms with Crippen LogP contribution in [0, 0.1) is 11.7 Å². The van der Waals surface area contributed by atoms with E-state index >= 15 is 0 Å². The molecular formula is C29H33FNO5P. The van der Waals surface area contributed by atoms with Gasteiger partial charge in [0.1, 0.15) is 11.4 Å². The maximum Gasteiger partial charge on any atom is 0.326 e. The number of carboxylic acid groups (broad SMARTS) is 1. The molecule has 0 radical (unpaired) electrons. The van der Waals surface area contributed by atoms with E-state index in [0.717, 1.165) is 18.2 Å². The van der Waals surface area contributed by atoms with Crippen LogP contribution in [-0.2, 0) is 32.3 Å². The summed E-state index contributed by atoms with van der Waals surface area (Å²) in [5.74, 6) is -2.09. The molecule has 0 fully saturated rings. The molecule has 3 atom stereocenters. The second-order valence-electron chi connectivity index (χ2n) is 9.30. The summed E-state index contributed by atoms with van der Waals surface area (Å²) in [5.41, 5.74) is 0.437. The molecule has 196 valence electrons. The molecule has 0 bridgehead atoms. The highest BCUT2D eigenvalue weighted by atomic mass is 31.1. The molecule has 0 aliphatic heterocycles. The van der Waals surface area contributed by atoms with Crippen molar-refractivity contribution in [2.24, 2.45) is 5.92 Å². The van der Waals surface area contributed by atoms with E-state index < -0.39 is 30.6 Å². The highest BCUT2D eigenvalue weighted by Crippen LogP contribution is 2.54. The minimum Gasteiger partial charge on any atom is -0.480 e. The number of benzene rings is 2. The molecule has 2 aromatic carbocycles. The van der Waals surface area contributed by atoms with E-state index in [2.05, 4.69) is 0 Å². The molecule has 0 saturated heterocycles. The van der Waals surface area contributed by atoms with Gasteiger partial charge in [-0.25, -0.2) is 9.37 Å². The quantitative estimate of drug-likeness (QED) is 0.234. The van der Waals surface area contributed by atoms with Crippen molar-refractivity contribution in [2.75, 3.05) is 7.11 Å². The van der Waals surface area contributed by atoms with Crippen LogP contribution in [0.15, 0.2) is 78.9 Å². The van der Waals surface area contributed by atoms with Crippen molar-refractivity contribution in [3.8, 4) is 11.3 Å². The van der Waals surface area contributed by atoms with Gasteiger partial charge in [0.05, 0.1) is 11.4 Å². The number of aromatic nitrogens is 1. The van der Waals surface area contributed by atoms with Crippen LogP contribution < -0.4 is 0 Å². The zero-order chi connectivity index (χ0) is 27.2. The third-order valence-electron chi connectivity index (χ3n) is 6.43. The topological polar surface area (TPSA) is 96.7 Å².